The van der Waals surface area contributed by atoms with Gasteiger partial charge in [0.25, 0.3) is 15.9 Å². The highest BCUT2D eigenvalue weighted by molar-refractivity contribution is 7.90. The van der Waals surface area contributed by atoms with Crippen molar-refractivity contribution in [2.24, 2.45) is 0 Å². The molecule has 0 radical (unpaired) electrons. The average molecular weight is 492 g/mol. The lowest BCUT2D eigenvalue weighted by molar-refractivity contribution is -0.140. The van der Waals surface area contributed by atoms with Crippen LogP contribution in [0.3, 0.4) is 0 Å². The molecule has 0 bridgehead atoms. The Kier molecular flexibility index (Phi) is 7.44. The van der Waals surface area contributed by atoms with E-state index in [1.807, 2.05) is 13.8 Å². The Balaban J connectivity index is 1.89. The summed E-state index contributed by atoms with van der Waals surface area (Å²) in [4.78, 5) is 40.0. The molecular formula is C23H26ClN3O5S. The van der Waals surface area contributed by atoms with Crippen LogP contribution in [-0.4, -0.2) is 54.0 Å². The van der Waals surface area contributed by atoms with Crippen molar-refractivity contribution in [3.05, 3.63) is 64.7 Å². The predicted octanol–water partition coefficient (Wildman–Crippen LogP) is 2.82. The minimum absolute atomic E-state index is 0.0174. The molecule has 10 heteroatoms. The fourth-order valence-corrected chi connectivity index (χ4v) is 5.21. The van der Waals surface area contributed by atoms with Gasteiger partial charge in [0.1, 0.15) is 17.5 Å². The summed E-state index contributed by atoms with van der Waals surface area (Å²) < 4.78 is 26.3. The summed E-state index contributed by atoms with van der Waals surface area (Å²) in [5, 5.41) is 3.30. The Morgan fingerprint density at radius 2 is 1.82 bits per heavy atom. The van der Waals surface area contributed by atoms with Crippen molar-refractivity contribution in [2.45, 2.75) is 50.7 Å². The van der Waals surface area contributed by atoms with Gasteiger partial charge in [0, 0.05) is 17.6 Å². The lowest BCUT2D eigenvalue weighted by atomic mass is 10.1. The normalized spacial score (nSPS) is 16.1. The zero-order chi connectivity index (χ0) is 24.3. The molecule has 1 heterocycles. The van der Waals surface area contributed by atoms with E-state index >= 15 is 0 Å². The monoisotopic (exact) mass is 491 g/mol. The maximum Gasteiger partial charge on any atom is 0.269 e. The molecule has 33 heavy (non-hydrogen) atoms. The number of hydrogen-bond acceptors (Lipinski definition) is 5. The van der Waals surface area contributed by atoms with Crippen molar-refractivity contribution in [3.63, 3.8) is 0 Å². The Labute approximate surface area is 198 Å². The third-order valence-corrected chi connectivity index (χ3v) is 7.62. The maximum absolute atomic E-state index is 13.3. The number of rotatable bonds is 8. The highest BCUT2D eigenvalue weighted by atomic mass is 35.5. The second kappa shape index (κ2) is 9.93. The quantitative estimate of drug-likeness (QED) is 0.611. The molecule has 2 aromatic rings. The van der Waals surface area contributed by atoms with Crippen molar-refractivity contribution in [1.82, 2.24) is 14.5 Å². The van der Waals surface area contributed by atoms with Crippen molar-refractivity contribution in [3.8, 4) is 0 Å². The molecule has 0 fully saturated rings. The highest BCUT2D eigenvalue weighted by Crippen LogP contribution is 2.30. The molecule has 3 rings (SSSR count). The molecule has 2 aromatic carbocycles. The largest absolute Gasteiger partial charge is 0.352 e. The third kappa shape index (κ3) is 5.20. The van der Waals surface area contributed by atoms with Gasteiger partial charge in [0.05, 0.1) is 5.56 Å². The molecule has 0 saturated carbocycles. The van der Waals surface area contributed by atoms with E-state index in [9.17, 15) is 22.8 Å². The van der Waals surface area contributed by atoms with Gasteiger partial charge < -0.3 is 10.2 Å². The molecule has 8 nitrogen and oxygen atoms in total. The van der Waals surface area contributed by atoms with Crippen LogP contribution in [0.5, 0.6) is 0 Å². The van der Waals surface area contributed by atoms with E-state index in [1.54, 1.807) is 37.3 Å². The molecule has 3 amide bonds. The van der Waals surface area contributed by atoms with Gasteiger partial charge in [-0.25, -0.2) is 12.7 Å². The average Bonchev–Trinajstić information content (AvgIpc) is 2.97. The summed E-state index contributed by atoms with van der Waals surface area (Å²) in [7, 11) is -4.16. The standard InChI is InChI=1S/C23H26ClN3O5S/c1-4-15(2)25-22(29)16(3)26(13-17-8-7-9-18(24)12-17)21(28)14-27-23(30)19-10-5-6-11-20(19)33(27,31)32/h5-12,15-16H,4,13-14H2,1-3H3,(H,25,29)/t15-,16+/m1/s1. The lowest BCUT2D eigenvalue weighted by Gasteiger charge is -2.30. The van der Waals surface area contributed by atoms with Crippen LogP contribution in [0.25, 0.3) is 0 Å². The number of hydrogen-bond donors (Lipinski definition) is 1. The van der Waals surface area contributed by atoms with Gasteiger partial charge in [-0.05, 0) is 50.1 Å². The number of sulfonamides is 1. The van der Waals surface area contributed by atoms with Gasteiger partial charge in [-0.15, -0.1) is 0 Å². The van der Waals surface area contributed by atoms with Crippen molar-refractivity contribution in [2.75, 3.05) is 6.54 Å². The molecule has 1 aliphatic heterocycles. The Bertz CT molecular complexity index is 1180. The van der Waals surface area contributed by atoms with E-state index in [-0.39, 0.29) is 29.0 Å². The summed E-state index contributed by atoms with van der Waals surface area (Å²) in [5.74, 6) is -1.82. The summed E-state index contributed by atoms with van der Waals surface area (Å²) in [6.45, 7) is 4.64. The first-order chi connectivity index (χ1) is 15.6. The van der Waals surface area contributed by atoms with E-state index in [0.717, 1.165) is 0 Å². The number of nitrogens with zero attached hydrogens (tertiary/aromatic N) is 2. The topological polar surface area (TPSA) is 104 Å². The second-order valence-corrected chi connectivity index (χ2v) is 10.2. The van der Waals surface area contributed by atoms with Crippen LogP contribution in [-0.2, 0) is 26.2 Å². The zero-order valence-electron chi connectivity index (χ0n) is 18.6. The zero-order valence-corrected chi connectivity index (χ0v) is 20.2. The van der Waals surface area contributed by atoms with Crippen molar-refractivity contribution in [1.29, 1.82) is 0 Å². The number of fused-ring (bicyclic) bond motifs is 1. The number of carbonyl (C=O) groups is 3. The Hall–Kier alpha value is -2.91. The first-order valence-electron chi connectivity index (χ1n) is 10.6. The molecule has 0 saturated heterocycles. The summed E-state index contributed by atoms with van der Waals surface area (Å²) in [6, 6.07) is 11.6. The third-order valence-electron chi connectivity index (χ3n) is 5.60. The number of carbonyl (C=O) groups excluding carboxylic acids is 3. The minimum Gasteiger partial charge on any atom is -0.352 e. The van der Waals surface area contributed by atoms with Gasteiger partial charge in [-0.1, -0.05) is 42.8 Å². The van der Waals surface area contributed by atoms with Crippen LogP contribution < -0.4 is 5.32 Å². The molecule has 0 aliphatic carbocycles. The number of halogens is 1. The first kappa shape index (κ1) is 24.7. The number of benzene rings is 2. The van der Waals surface area contributed by atoms with Crippen LogP contribution in [0.2, 0.25) is 5.02 Å². The van der Waals surface area contributed by atoms with Gasteiger partial charge >= 0.3 is 0 Å². The lowest BCUT2D eigenvalue weighted by Crippen LogP contribution is -2.52. The van der Waals surface area contributed by atoms with E-state index in [2.05, 4.69) is 5.32 Å². The van der Waals surface area contributed by atoms with Gasteiger partial charge in [0.2, 0.25) is 11.8 Å². The molecule has 2 atom stereocenters. The fraction of sp³-hybridized carbons (Fsp3) is 0.348. The van der Waals surface area contributed by atoms with Crippen LogP contribution in [0.4, 0.5) is 0 Å². The predicted molar refractivity (Wildman–Crippen MR) is 124 cm³/mol. The SMILES string of the molecule is CC[C@@H](C)NC(=O)[C@H](C)N(Cc1cccc(Cl)c1)C(=O)CN1C(=O)c2ccccc2S1(=O)=O. The van der Waals surface area contributed by atoms with Crippen LogP contribution in [0.1, 0.15) is 43.1 Å². The van der Waals surface area contributed by atoms with Gasteiger partial charge in [-0.3, -0.25) is 14.4 Å². The molecule has 176 valence electrons. The molecule has 0 aromatic heterocycles. The molecule has 1 N–H and O–H groups in total. The Morgan fingerprint density at radius 3 is 2.45 bits per heavy atom. The summed E-state index contributed by atoms with van der Waals surface area (Å²) >= 11 is 6.07. The molecular weight excluding hydrogens is 466 g/mol. The smallest absolute Gasteiger partial charge is 0.269 e. The summed E-state index contributed by atoms with van der Waals surface area (Å²) in [6.07, 6.45) is 0.708. The van der Waals surface area contributed by atoms with Gasteiger partial charge in [0.15, 0.2) is 0 Å². The highest BCUT2D eigenvalue weighted by Gasteiger charge is 2.43. The molecule has 0 unspecified atom stereocenters. The Morgan fingerprint density at radius 1 is 1.12 bits per heavy atom. The number of amides is 3. The van der Waals surface area contributed by atoms with E-state index in [0.29, 0.717) is 21.3 Å². The van der Waals surface area contributed by atoms with Crippen LogP contribution in [0, 0.1) is 0 Å². The maximum atomic E-state index is 13.3. The van der Waals surface area contributed by atoms with Crippen LogP contribution in [0.15, 0.2) is 53.4 Å². The van der Waals surface area contributed by atoms with Crippen LogP contribution >= 0.6 is 11.6 Å². The fourth-order valence-electron chi connectivity index (χ4n) is 3.48. The first-order valence-corrected chi connectivity index (χ1v) is 12.4. The number of nitrogens with one attached hydrogen (secondary N) is 1. The second-order valence-electron chi connectivity index (χ2n) is 7.96. The molecule has 0 spiro atoms. The molecule has 1 aliphatic rings. The van der Waals surface area contributed by atoms with Crippen molar-refractivity contribution >= 4 is 39.3 Å². The minimum atomic E-state index is -4.16. The van der Waals surface area contributed by atoms with E-state index in [4.69, 9.17) is 11.6 Å². The van der Waals surface area contributed by atoms with Crippen molar-refractivity contribution < 1.29 is 22.8 Å². The van der Waals surface area contributed by atoms with Gasteiger partial charge in [-0.2, -0.15) is 0 Å². The van der Waals surface area contributed by atoms with E-state index < -0.39 is 34.4 Å². The van der Waals surface area contributed by atoms with E-state index in [1.165, 1.54) is 23.1 Å². The summed E-state index contributed by atoms with van der Waals surface area (Å²) in [5.41, 5.74) is 0.687.